The van der Waals surface area contributed by atoms with E-state index in [4.69, 9.17) is 0 Å². The monoisotopic (exact) mass is 818 g/mol. The Kier molecular flexibility index (Phi) is 45.4. The molecular formula is C34H70Ge2S6. The summed E-state index contributed by atoms with van der Waals surface area (Å²) in [6.45, 7) is 20.0. The second kappa shape index (κ2) is 39.3. The van der Waals surface area contributed by atoms with Crippen molar-refractivity contribution in [2.45, 2.75) is 94.4 Å². The summed E-state index contributed by atoms with van der Waals surface area (Å²) in [4.78, 5) is 0. The number of hydrogen-bond acceptors (Lipinski definition) is 6. The average Bonchev–Trinajstić information content (AvgIpc) is 2.98. The third-order valence-electron chi connectivity index (χ3n) is 7.21. The second-order valence-electron chi connectivity index (χ2n) is 11.0. The van der Waals surface area contributed by atoms with E-state index in [-0.39, 0.29) is 0 Å². The zero-order valence-electron chi connectivity index (χ0n) is 28.2. The summed E-state index contributed by atoms with van der Waals surface area (Å²) in [6.07, 6.45) is 21.5. The van der Waals surface area contributed by atoms with Crippen molar-refractivity contribution < 1.29 is 0 Å². The Morgan fingerprint density at radius 1 is 0.500 bits per heavy atom. The van der Waals surface area contributed by atoms with E-state index < -0.39 is 26.5 Å². The largest absolute Gasteiger partial charge is 0.179 e. The van der Waals surface area contributed by atoms with Gasteiger partial charge in [-0.1, -0.05) is 0 Å². The number of hydrogen-bond donors (Lipinski definition) is 2. The maximum Gasteiger partial charge on any atom is -0.000932 e. The molecule has 0 aromatic rings. The van der Waals surface area contributed by atoms with Crippen LogP contribution in [0.25, 0.3) is 0 Å². The van der Waals surface area contributed by atoms with E-state index in [2.05, 4.69) is 149 Å². The zero-order chi connectivity index (χ0) is 32.2. The zero-order valence-corrected chi connectivity index (χ0v) is 37.5. The number of thiol groups is 2. The predicted octanol–water partition coefficient (Wildman–Crippen LogP) is 13.0. The molecule has 250 valence electrons. The molecule has 42 heavy (non-hydrogen) atoms. The van der Waals surface area contributed by atoms with Crippen molar-refractivity contribution >= 4 is 98.8 Å². The van der Waals surface area contributed by atoms with Crippen LogP contribution in [-0.2, 0) is 0 Å². The second-order valence-corrected chi connectivity index (χ2v) is 36.6. The minimum atomic E-state index is -1.79. The van der Waals surface area contributed by atoms with Crippen LogP contribution in [0.5, 0.6) is 0 Å². The number of rotatable bonds is 29. The summed E-state index contributed by atoms with van der Waals surface area (Å²) in [5.41, 5.74) is 0. The van der Waals surface area contributed by atoms with Crippen LogP contribution in [-0.4, -0.2) is 85.1 Å². The molecule has 0 fully saturated rings. The Balaban J connectivity index is -0.000000743. The van der Waals surface area contributed by atoms with Gasteiger partial charge in [-0.25, -0.2) is 0 Å². The maximum atomic E-state index is 3.84. The fourth-order valence-corrected chi connectivity index (χ4v) is 28.1. The van der Waals surface area contributed by atoms with E-state index in [1.807, 2.05) is 0 Å². The van der Waals surface area contributed by atoms with Gasteiger partial charge in [0.15, 0.2) is 0 Å². The third kappa shape index (κ3) is 32.1. The van der Waals surface area contributed by atoms with E-state index in [0.717, 1.165) is 11.5 Å². The summed E-state index contributed by atoms with van der Waals surface area (Å²) in [5.74, 6) is 10.1. The van der Waals surface area contributed by atoms with E-state index >= 15 is 0 Å². The van der Waals surface area contributed by atoms with Crippen LogP contribution in [0.1, 0.15) is 52.4 Å². The first-order chi connectivity index (χ1) is 20.4. The van der Waals surface area contributed by atoms with Gasteiger partial charge in [-0.15, -0.1) is 0 Å². The quantitative estimate of drug-likeness (QED) is 0.0334. The normalized spacial score (nSPS) is 11.1. The molecule has 0 N–H and O–H groups in total. The number of thioether (sulfide) groups is 4. The molecule has 0 aromatic heterocycles. The van der Waals surface area contributed by atoms with Gasteiger partial charge < -0.3 is 0 Å². The van der Waals surface area contributed by atoms with Crippen molar-refractivity contribution in [2.24, 2.45) is 0 Å². The first-order valence-electron chi connectivity index (χ1n) is 16.2. The molecule has 0 spiro atoms. The van der Waals surface area contributed by atoms with Gasteiger partial charge in [0.2, 0.25) is 0 Å². The number of allylic oxidation sites excluding steroid dienone is 4. The molecule has 0 aromatic carbocycles. The van der Waals surface area contributed by atoms with Gasteiger partial charge >= 0.3 is 266 Å². The summed E-state index contributed by atoms with van der Waals surface area (Å²) >= 11 is 12.8. The SMILES string of the molecule is C=C[CH2][Ge]([CH2]C=C)([CH2]C=C)[CH2]C=C.CCCSCC[CH2][Ge]([CH2]CCSC)([CH2]CCSC)[CH2]CCSCCC.SCCS. The fourth-order valence-electron chi connectivity index (χ4n) is 5.25. The van der Waals surface area contributed by atoms with Crippen LogP contribution >= 0.6 is 72.3 Å². The molecule has 0 saturated carbocycles. The summed E-state index contributed by atoms with van der Waals surface area (Å²) in [6, 6.07) is 0. The Morgan fingerprint density at radius 3 is 1.05 bits per heavy atom. The minimum Gasteiger partial charge on any atom is -0.179 e. The van der Waals surface area contributed by atoms with Crippen LogP contribution in [0.15, 0.2) is 50.6 Å². The van der Waals surface area contributed by atoms with Crippen LogP contribution in [0.4, 0.5) is 0 Å². The standard InChI is InChI=1S/C20H44GeS4.C12H20Ge.C2H6S2/c1-5-15-24-19-9-13-21(11-7-17-22-3,12-8-18-23-4)14-10-20-25-16-6-2;1-5-9-13(10-6-2,11-7-3)12-8-4;3-1-2-4/h5-20H2,1-4H3;5-8H,1-4,9-12H2;3-4H,1-2H2. The molecule has 0 heterocycles. The van der Waals surface area contributed by atoms with E-state index in [1.54, 1.807) is 21.0 Å². The summed E-state index contributed by atoms with van der Waals surface area (Å²) in [5, 5.41) is 11.4. The fraction of sp³-hybridized carbons (Fsp3) is 0.765. The summed E-state index contributed by atoms with van der Waals surface area (Å²) in [7, 11) is 0. The molecule has 8 heteroatoms. The first kappa shape index (κ1) is 48.5. The molecule has 0 rings (SSSR count). The Labute approximate surface area is 299 Å². The summed E-state index contributed by atoms with van der Waals surface area (Å²) < 4.78 is 0. The first-order valence-corrected chi connectivity index (χ1v) is 34.4. The minimum absolute atomic E-state index is 0.878. The Morgan fingerprint density at radius 2 is 0.810 bits per heavy atom. The molecule has 0 nitrogen and oxygen atoms in total. The molecule has 0 saturated heterocycles. The molecule has 0 bridgehead atoms. The molecule has 0 radical (unpaired) electrons. The van der Waals surface area contributed by atoms with Crippen molar-refractivity contribution in [3.63, 3.8) is 0 Å². The molecule has 0 aliphatic heterocycles. The van der Waals surface area contributed by atoms with Crippen LogP contribution in [0.2, 0.25) is 42.0 Å². The van der Waals surface area contributed by atoms with Crippen LogP contribution < -0.4 is 0 Å². The Bertz CT molecular complexity index is 515. The van der Waals surface area contributed by atoms with Gasteiger partial charge in [-0.05, 0) is 11.5 Å². The van der Waals surface area contributed by atoms with Gasteiger partial charge in [-0.2, -0.15) is 25.3 Å². The molecule has 0 amide bonds. The van der Waals surface area contributed by atoms with Gasteiger partial charge in [-0.3, -0.25) is 0 Å². The van der Waals surface area contributed by atoms with Gasteiger partial charge in [0, 0.05) is 0 Å². The maximum absolute atomic E-state index is 3.84. The molecule has 0 aliphatic carbocycles. The Hall–Kier alpha value is 2.15. The van der Waals surface area contributed by atoms with E-state index in [1.165, 1.54) is 94.1 Å². The molecule has 0 atom stereocenters. The molecule has 0 unspecified atom stereocenters. The topological polar surface area (TPSA) is 0 Å². The van der Waals surface area contributed by atoms with Crippen molar-refractivity contribution in [2.75, 3.05) is 58.5 Å². The van der Waals surface area contributed by atoms with Crippen LogP contribution in [0.3, 0.4) is 0 Å². The van der Waals surface area contributed by atoms with E-state index in [9.17, 15) is 0 Å². The van der Waals surface area contributed by atoms with Crippen molar-refractivity contribution in [1.29, 1.82) is 0 Å². The third-order valence-corrected chi connectivity index (χ3v) is 33.5. The van der Waals surface area contributed by atoms with E-state index in [0.29, 0.717) is 0 Å². The predicted molar refractivity (Wildman–Crippen MR) is 229 cm³/mol. The van der Waals surface area contributed by atoms with Gasteiger partial charge in [0.25, 0.3) is 0 Å². The van der Waals surface area contributed by atoms with Crippen molar-refractivity contribution in [3.8, 4) is 0 Å². The smallest absolute Gasteiger partial charge is 0.000932 e. The van der Waals surface area contributed by atoms with Gasteiger partial charge in [0.1, 0.15) is 0 Å². The molecular weight excluding hydrogens is 746 g/mol. The van der Waals surface area contributed by atoms with Gasteiger partial charge in [0.05, 0.1) is 0 Å². The average molecular weight is 817 g/mol. The molecule has 0 aliphatic rings. The van der Waals surface area contributed by atoms with Crippen molar-refractivity contribution in [1.82, 2.24) is 0 Å². The van der Waals surface area contributed by atoms with Crippen LogP contribution in [0, 0.1) is 0 Å². The van der Waals surface area contributed by atoms with Crippen molar-refractivity contribution in [3.05, 3.63) is 50.6 Å².